The molecule has 2 heterocycles. The number of hydrogen-bond donors (Lipinski definition) is 1. The third-order valence-corrected chi connectivity index (χ3v) is 3.20. The van der Waals surface area contributed by atoms with E-state index in [1.54, 1.807) is 0 Å². The van der Waals surface area contributed by atoms with E-state index in [4.69, 9.17) is 9.26 Å². The molecule has 1 aliphatic rings. The van der Waals surface area contributed by atoms with Gasteiger partial charge in [-0.15, -0.1) is 0 Å². The molecule has 0 aliphatic carbocycles. The number of rotatable bonds is 4. The number of aromatic nitrogens is 2. The fourth-order valence-electron chi connectivity index (χ4n) is 2.28. The molecule has 1 atom stereocenters. The fraction of sp³-hybridized carbons (Fsp3) is 0.429. The molecule has 100 valence electrons. The Kier molecular flexibility index (Phi) is 3.46. The van der Waals surface area contributed by atoms with E-state index in [1.165, 1.54) is 0 Å². The van der Waals surface area contributed by atoms with Gasteiger partial charge in [0.05, 0.1) is 12.6 Å². The molecular formula is C14H17N3O2. The summed E-state index contributed by atoms with van der Waals surface area (Å²) in [5.74, 6) is 2.12. The standard InChI is InChI=1S/C14H17N3O2/c1-2-18-11-6-3-5-10(9-11)13-16-14(19-17-13)12-7-4-8-15-12/h3,5-6,9,12,15H,2,4,7-8H2,1H3/t12-/m1/s1. The number of nitrogens with zero attached hydrogens (tertiary/aromatic N) is 2. The molecular weight excluding hydrogens is 242 g/mol. The molecule has 1 aliphatic heterocycles. The van der Waals surface area contributed by atoms with Crippen LogP contribution in [0.5, 0.6) is 5.75 Å². The third-order valence-electron chi connectivity index (χ3n) is 3.20. The molecule has 19 heavy (non-hydrogen) atoms. The quantitative estimate of drug-likeness (QED) is 0.914. The lowest BCUT2D eigenvalue weighted by Gasteiger charge is -2.03. The van der Waals surface area contributed by atoms with Crippen LogP contribution < -0.4 is 10.1 Å². The van der Waals surface area contributed by atoms with Gasteiger partial charge in [-0.3, -0.25) is 0 Å². The molecule has 0 bridgehead atoms. The molecule has 0 unspecified atom stereocenters. The predicted octanol–water partition coefficient (Wildman–Crippen LogP) is 2.56. The van der Waals surface area contributed by atoms with E-state index in [-0.39, 0.29) is 6.04 Å². The summed E-state index contributed by atoms with van der Waals surface area (Å²) in [5.41, 5.74) is 0.916. The van der Waals surface area contributed by atoms with E-state index < -0.39 is 0 Å². The Labute approximate surface area is 112 Å². The first-order valence-corrected chi connectivity index (χ1v) is 6.67. The maximum absolute atomic E-state index is 5.48. The van der Waals surface area contributed by atoms with Crippen molar-refractivity contribution in [2.45, 2.75) is 25.8 Å². The second-order valence-corrected chi connectivity index (χ2v) is 4.57. The van der Waals surface area contributed by atoms with Crippen LogP contribution in [0.1, 0.15) is 31.7 Å². The van der Waals surface area contributed by atoms with Gasteiger partial charge in [0, 0.05) is 5.56 Å². The molecule has 1 aromatic carbocycles. The van der Waals surface area contributed by atoms with Gasteiger partial charge in [0.15, 0.2) is 0 Å². The van der Waals surface area contributed by atoms with Gasteiger partial charge in [-0.1, -0.05) is 17.3 Å². The maximum atomic E-state index is 5.48. The van der Waals surface area contributed by atoms with Crippen molar-refractivity contribution < 1.29 is 9.26 Å². The van der Waals surface area contributed by atoms with Crippen LogP contribution in [0.2, 0.25) is 0 Å². The largest absolute Gasteiger partial charge is 0.494 e. The number of ether oxygens (including phenoxy) is 1. The maximum Gasteiger partial charge on any atom is 0.244 e. The SMILES string of the molecule is CCOc1cccc(-c2noc([C@H]3CCCN3)n2)c1. The summed E-state index contributed by atoms with van der Waals surface area (Å²) in [7, 11) is 0. The van der Waals surface area contributed by atoms with Crippen LogP contribution in [0.25, 0.3) is 11.4 Å². The van der Waals surface area contributed by atoms with Gasteiger partial charge in [-0.25, -0.2) is 0 Å². The predicted molar refractivity (Wildman–Crippen MR) is 70.9 cm³/mol. The molecule has 5 nitrogen and oxygen atoms in total. The van der Waals surface area contributed by atoms with E-state index >= 15 is 0 Å². The second-order valence-electron chi connectivity index (χ2n) is 4.57. The Morgan fingerprint density at radius 2 is 2.42 bits per heavy atom. The molecule has 1 aromatic heterocycles. The lowest BCUT2D eigenvalue weighted by molar-refractivity contribution is 0.340. The number of nitrogens with one attached hydrogen (secondary N) is 1. The minimum absolute atomic E-state index is 0.205. The van der Waals surface area contributed by atoms with Crippen molar-refractivity contribution in [3.8, 4) is 17.1 Å². The summed E-state index contributed by atoms with van der Waals surface area (Å²) in [5, 5.41) is 7.40. The highest BCUT2D eigenvalue weighted by molar-refractivity contribution is 5.56. The summed E-state index contributed by atoms with van der Waals surface area (Å²) in [4.78, 5) is 4.47. The fourth-order valence-corrected chi connectivity index (χ4v) is 2.28. The normalized spacial score (nSPS) is 18.7. The molecule has 1 saturated heterocycles. The van der Waals surface area contributed by atoms with Gasteiger partial charge in [-0.05, 0) is 38.4 Å². The lowest BCUT2D eigenvalue weighted by Crippen LogP contribution is -2.12. The van der Waals surface area contributed by atoms with Crippen LogP contribution in [0.3, 0.4) is 0 Å². The van der Waals surface area contributed by atoms with Crippen molar-refractivity contribution in [1.29, 1.82) is 0 Å². The second kappa shape index (κ2) is 5.40. The Balaban J connectivity index is 1.83. The Hall–Kier alpha value is -1.88. The Morgan fingerprint density at radius 3 is 3.21 bits per heavy atom. The van der Waals surface area contributed by atoms with Crippen LogP contribution >= 0.6 is 0 Å². The molecule has 0 spiro atoms. The average molecular weight is 259 g/mol. The van der Waals surface area contributed by atoms with E-state index in [2.05, 4.69) is 15.5 Å². The van der Waals surface area contributed by atoms with Gasteiger partial charge < -0.3 is 14.6 Å². The summed E-state index contributed by atoms with van der Waals surface area (Å²) < 4.78 is 10.8. The highest BCUT2D eigenvalue weighted by atomic mass is 16.5. The van der Waals surface area contributed by atoms with Gasteiger partial charge in [-0.2, -0.15) is 4.98 Å². The first kappa shape index (κ1) is 12.2. The van der Waals surface area contributed by atoms with Crippen LogP contribution in [0, 0.1) is 0 Å². The van der Waals surface area contributed by atoms with Gasteiger partial charge in [0.25, 0.3) is 0 Å². The smallest absolute Gasteiger partial charge is 0.244 e. The van der Waals surface area contributed by atoms with Gasteiger partial charge >= 0.3 is 0 Å². The van der Waals surface area contributed by atoms with Crippen LogP contribution in [0.15, 0.2) is 28.8 Å². The van der Waals surface area contributed by atoms with Crippen molar-refractivity contribution in [2.24, 2.45) is 0 Å². The minimum Gasteiger partial charge on any atom is -0.494 e. The third kappa shape index (κ3) is 2.61. The zero-order valence-corrected chi connectivity index (χ0v) is 10.9. The topological polar surface area (TPSA) is 60.2 Å². The monoisotopic (exact) mass is 259 g/mol. The van der Waals surface area contributed by atoms with Crippen molar-refractivity contribution in [2.75, 3.05) is 13.2 Å². The zero-order chi connectivity index (χ0) is 13.1. The van der Waals surface area contributed by atoms with E-state index in [9.17, 15) is 0 Å². The van der Waals surface area contributed by atoms with E-state index in [0.29, 0.717) is 18.3 Å². The molecule has 0 saturated carbocycles. The van der Waals surface area contributed by atoms with Gasteiger partial charge in [0.1, 0.15) is 5.75 Å². The first-order valence-electron chi connectivity index (χ1n) is 6.67. The molecule has 5 heteroatoms. The highest BCUT2D eigenvalue weighted by Crippen LogP contribution is 2.25. The van der Waals surface area contributed by atoms with Crippen LogP contribution in [0.4, 0.5) is 0 Å². The van der Waals surface area contributed by atoms with Crippen molar-refractivity contribution >= 4 is 0 Å². The molecule has 1 N–H and O–H groups in total. The summed E-state index contributed by atoms with van der Waals surface area (Å²) in [6.07, 6.45) is 2.21. The summed E-state index contributed by atoms with van der Waals surface area (Å²) in [6.45, 7) is 3.63. The summed E-state index contributed by atoms with van der Waals surface area (Å²) in [6, 6.07) is 7.95. The molecule has 1 fully saturated rings. The Bertz CT molecular complexity index is 547. The van der Waals surface area contributed by atoms with Crippen molar-refractivity contribution in [1.82, 2.24) is 15.5 Å². The Morgan fingerprint density at radius 1 is 1.47 bits per heavy atom. The average Bonchev–Trinajstić information content (AvgIpc) is 3.11. The van der Waals surface area contributed by atoms with Crippen molar-refractivity contribution in [3.63, 3.8) is 0 Å². The number of hydrogen-bond acceptors (Lipinski definition) is 5. The minimum atomic E-state index is 0.205. The van der Waals surface area contributed by atoms with Crippen molar-refractivity contribution in [3.05, 3.63) is 30.2 Å². The van der Waals surface area contributed by atoms with E-state index in [1.807, 2.05) is 31.2 Å². The first-order chi connectivity index (χ1) is 9.36. The summed E-state index contributed by atoms with van der Waals surface area (Å²) >= 11 is 0. The van der Waals surface area contributed by atoms with Crippen LogP contribution in [-0.2, 0) is 0 Å². The molecule has 2 aromatic rings. The van der Waals surface area contributed by atoms with Crippen LogP contribution in [-0.4, -0.2) is 23.3 Å². The lowest BCUT2D eigenvalue weighted by atomic mass is 10.2. The van der Waals surface area contributed by atoms with Gasteiger partial charge in [0.2, 0.25) is 11.7 Å². The molecule has 3 rings (SSSR count). The number of benzene rings is 1. The zero-order valence-electron chi connectivity index (χ0n) is 10.9. The molecule has 0 amide bonds. The van der Waals surface area contributed by atoms with E-state index in [0.717, 1.165) is 30.7 Å². The molecule has 0 radical (unpaired) electrons. The highest BCUT2D eigenvalue weighted by Gasteiger charge is 2.22.